The van der Waals surface area contributed by atoms with Crippen LogP contribution in [0.5, 0.6) is 0 Å². The maximum atomic E-state index is 5.37. The number of hydrogen-bond donors (Lipinski definition) is 6. The molecule has 26 heavy (non-hydrogen) atoms. The third-order valence-corrected chi connectivity index (χ3v) is 2.67. The molecule has 0 saturated heterocycles. The minimum Gasteiger partial charge on any atom is -2.00 e. The first-order valence-corrected chi connectivity index (χ1v) is 7.35. The molecule has 0 aliphatic heterocycles. The maximum Gasteiger partial charge on any atom is 3.00 e. The zero-order chi connectivity index (χ0) is 15.6. The van der Waals surface area contributed by atoms with Crippen LogP contribution in [0.1, 0.15) is 0 Å². The first-order chi connectivity index (χ1) is 9.69. The van der Waals surface area contributed by atoms with Gasteiger partial charge in [0.25, 0.3) is 0 Å². The molecular weight excluding hydrogens is 627 g/mol. The number of nitrogens with zero attached hydrogens (tertiary/aromatic N) is 2. The molecule has 0 fully saturated rings. The molecule has 0 rings (SSSR count). The second-order valence-corrected chi connectivity index (χ2v) is 4.42. The Kier molecular flexibility index (Phi) is 90.1. The molecule has 0 saturated carbocycles. The molecular formula is C12H36N8NiS4W-5. The summed E-state index contributed by atoms with van der Waals surface area (Å²) in [7, 11) is 0. The molecule has 169 valence electrons. The second kappa shape index (κ2) is 45.8. The Hall–Kier alpha value is 2.26. The van der Waals surface area contributed by atoms with E-state index in [0.717, 1.165) is 39.3 Å². The molecule has 12 N–H and O–H groups in total. The summed E-state index contributed by atoms with van der Waals surface area (Å²) in [5.74, 6) is 0. The molecule has 0 bridgehead atoms. The van der Waals surface area contributed by atoms with Crippen LogP contribution in [0, 0.1) is 0 Å². The van der Waals surface area contributed by atoms with Crippen LogP contribution in [-0.2, 0) is 91.5 Å². The van der Waals surface area contributed by atoms with Gasteiger partial charge in [-0.3, -0.25) is 9.80 Å². The first-order valence-electron chi connectivity index (χ1n) is 7.35. The van der Waals surface area contributed by atoms with Crippen LogP contribution in [0.3, 0.4) is 0 Å². The Morgan fingerprint density at radius 2 is 0.500 bits per heavy atom. The average molecular weight is 663 g/mol. The van der Waals surface area contributed by atoms with E-state index in [2.05, 4.69) is 9.80 Å². The van der Waals surface area contributed by atoms with Gasteiger partial charge < -0.3 is 88.4 Å². The first kappa shape index (κ1) is 51.2. The Bertz CT molecular complexity index is 151. The quantitative estimate of drug-likeness (QED) is 0.117. The molecule has 0 spiro atoms. The Balaban J connectivity index is -0.0000000337. The summed E-state index contributed by atoms with van der Waals surface area (Å²) in [5, 5.41) is 0. The zero-order valence-corrected chi connectivity index (χ0v) is 22.4. The van der Waals surface area contributed by atoms with Crippen molar-refractivity contribution < 1.29 is 37.6 Å². The van der Waals surface area contributed by atoms with Gasteiger partial charge in [0.2, 0.25) is 0 Å². The Labute approximate surface area is 213 Å². The van der Waals surface area contributed by atoms with Gasteiger partial charge in [-0.05, 0) is 0 Å². The number of nitrogens with two attached hydrogens (primary N) is 6. The summed E-state index contributed by atoms with van der Waals surface area (Å²) in [6, 6.07) is 0. The standard InChI is InChI=1S/2C6H18N4.Ni.4S.W/c2*7-1-4-10(5-2-8)6-3-9;;;;;;/h2*1-9H2;;;;;;/q;;+3;4*-2;. The largest absolute Gasteiger partial charge is 3.00 e. The minimum absolute atomic E-state index is 0. The fourth-order valence-corrected chi connectivity index (χ4v) is 1.77. The molecule has 0 aromatic heterocycles. The maximum absolute atomic E-state index is 5.37. The monoisotopic (exact) mass is 662 g/mol. The van der Waals surface area contributed by atoms with E-state index in [9.17, 15) is 0 Å². The minimum atomic E-state index is 0. The van der Waals surface area contributed by atoms with Gasteiger partial charge in [-0.15, -0.1) is 0 Å². The van der Waals surface area contributed by atoms with Gasteiger partial charge in [0.1, 0.15) is 0 Å². The van der Waals surface area contributed by atoms with Crippen LogP contribution in [-0.4, -0.2) is 88.3 Å². The van der Waals surface area contributed by atoms with E-state index >= 15 is 0 Å². The smallest absolute Gasteiger partial charge is 2.00 e. The van der Waals surface area contributed by atoms with Crippen LogP contribution in [0.25, 0.3) is 0 Å². The molecule has 8 nitrogen and oxygen atoms in total. The van der Waals surface area contributed by atoms with Gasteiger partial charge in [0, 0.05) is 99.6 Å². The SMILES string of the molecule is NCCN(CCN)CCN.NCCN(CCN)CCN.[Ni+3].[S-2].[S-2].[S-2].[S-2].[W]. The van der Waals surface area contributed by atoms with Gasteiger partial charge in [-0.1, -0.05) is 0 Å². The van der Waals surface area contributed by atoms with Crippen molar-refractivity contribution in [2.45, 2.75) is 0 Å². The molecule has 0 heterocycles. The van der Waals surface area contributed by atoms with Crippen molar-refractivity contribution in [2.75, 3.05) is 78.5 Å². The van der Waals surface area contributed by atoms with Crippen molar-refractivity contribution in [3.05, 3.63) is 0 Å². The Morgan fingerprint density at radius 3 is 0.577 bits per heavy atom. The molecule has 0 aliphatic carbocycles. The van der Waals surface area contributed by atoms with Gasteiger partial charge in [0.05, 0.1) is 0 Å². The van der Waals surface area contributed by atoms with Gasteiger partial charge in [0.15, 0.2) is 0 Å². The molecule has 14 heteroatoms. The molecule has 0 aliphatic rings. The summed E-state index contributed by atoms with van der Waals surface area (Å²) >= 11 is 0. The molecule has 0 atom stereocenters. The van der Waals surface area contributed by atoms with Crippen molar-refractivity contribution >= 4 is 54.0 Å². The fraction of sp³-hybridized carbons (Fsp3) is 1.00. The van der Waals surface area contributed by atoms with E-state index in [1.54, 1.807) is 0 Å². The van der Waals surface area contributed by atoms with Gasteiger partial charge >= 0.3 is 16.5 Å². The third kappa shape index (κ3) is 40.8. The van der Waals surface area contributed by atoms with E-state index in [1.165, 1.54) is 0 Å². The molecule has 0 aromatic carbocycles. The van der Waals surface area contributed by atoms with Crippen LogP contribution < -0.4 is 34.4 Å². The molecule has 0 aromatic rings. The Morgan fingerprint density at radius 1 is 0.385 bits per heavy atom. The summed E-state index contributed by atoms with van der Waals surface area (Å²) in [6.45, 7) is 9.47. The summed E-state index contributed by atoms with van der Waals surface area (Å²) in [4.78, 5) is 4.33. The van der Waals surface area contributed by atoms with Crippen LogP contribution in [0.4, 0.5) is 0 Å². The van der Waals surface area contributed by atoms with Crippen molar-refractivity contribution in [1.29, 1.82) is 0 Å². The normalized spacial score (nSPS) is 8.31. The van der Waals surface area contributed by atoms with Gasteiger partial charge in [-0.2, -0.15) is 0 Å². The second-order valence-electron chi connectivity index (χ2n) is 4.42. The molecule has 0 unspecified atom stereocenters. The molecule has 1 radical (unpaired) electrons. The number of hydrogen-bond acceptors (Lipinski definition) is 8. The van der Waals surface area contributed by atoms with Crippen molar-refractivity contribution in [2.24, 2.45) is 34.4 Å². The van der Waals surface area contributed by atoms with Crippen molar-refractivity contribution in [3.63, 3.8) is 0 Å². The van der Waals surface area contributed by atoms with Crippen LogP contribution in [0.2, 0.25) is 0 Å². The zero-order valence-electron chi connectivity index (χ0n) is 15.2. The van der Waals surface area contributed by atoms with Gasteiger partial charge in [-0.25, -0.2) is 0 Å². The average Bonchev–Trinajstić information content (AvgIpc) is 2.41. The van der Waals surface area contributed by atoms with E-state index in [4.69, 9.17) is 34.4 Å². The third-order valence-electron chi connectivity index (χ3n) is 2.67. The summed E-state index contributed by atoms with van der Waals surface area (Å²) in [5.41, 5.74) is 32.2. The fourth-order valence-electron chi connectivity index (χ4n) is 1.77. The van der Waals surface area contributed by atoms with E-state index < -0.39 is 0 Å². The number of rotatable bonds is 12. The van der Waals surface area contributed by atoms with Crippen molar-refractivity contribution in [1.82, 2.24) is 9.80 Å². The van der Waals surface area contributed by atoms with Crippen LogP contribution in [0.15, 0.2) is 0 Å². The van der Waals surface area contributed by atoms with Crippen molar-refractivity contribution in [3.8, 4) is 0 Å². The predicted octanol–water partition coefficient (Wildman–Crippen LogP) is -3.69. The summed E-state index contributed by atoms with van der Waals surface area (Å²) in [6.07, 6.45) is 0. The van der Waals surface area contributed by atoms with E-state index in [1.807, 2.05) is 0 Å². The molecule has 0 amide bonds. The van der Waals surface area contributed by atoms with E-state index in [-0.39, 0.29) is 91.5 Å². The van der Waals surface area contributed by atoms with Crippen LogP contribution >= 0.6 is 0 Å². The topological polar surface area (TPSA) is 163 Å². The predicted molar refractivity (Wildman–Crippen MR) is 117 cm³/mol. The van der Waals surface area contributed by atoms with E-state index in [0.29, 0.717) is 39.3 Å². The summed E-state index contributed by atoms with van der Waals surface area (Å²) < 4.78 is 0.